The van der Waals surface area contributed by atoms with Gasteiger partial charge < -0.3 is 4.74 Å². The van der Waals surface area contributed by atoms with Crippen molar-refractivity contribution in [1.82, 2.24) is 0 Å². The summed E-state index contributed by atoms with van der Waals surface area (Å²) in [5, 5.41) is 1.42. The Bertz CT molecular complexity index is 490. The molecule has 0 amide bonds. The van der Waals surface area contributed by atoms with Crippen LogP contribution in [0.5, 0.6) is 0 Å². The highest BCUT2D eigenvalue weighted by Gasteiger charge is 2.18. The minimum atomic E-state index is -1.25. The second kappa shape index (κ2) is 8.84. The average molecular weight is 301 g/mol. The van der Waals surface area contributed by atoms with Crippen LogP contribution in [0.25, 0.3) is 6.08 Å². The predicted octanol–water partition coefficient (Wildman–Crippen LogP) is 5.47. The van der Waals surface area contributed by atoms with E-state index in [0.29, 0.717) is 0 Å². The van der Waals surface area contributed by atoms with Crippen LogP contribution in [0.3, 0.4) is 0 Å². The maximum atomic E-state index is 5.84. The summed E-state index contributed by atoms with van der Waals surface area (Å²) in [4.78, 5) is 0. The highest BCUT2D eigenvalue weighted by Crippen LogP contribution is 2.18. The lowest BCUT2D eigenvalue weighted by atomic mass is 10.2. The van der Waals surface area contributed by atoms with E-state index in [9.17, 15) is 0 Å². The van der Waals surface area contributed by atoms with Crippen molar-refractivity contribution in [3.8, 4) is 0 Å². The smallest absolute Gasteiger partial charge is 0.0823 e. The summed E-state index contributed by atoms with van der Waals surface area (Å²) in [5.41, 5.74) is 4.35. The molecule has 0 spiro atoms. The Morgan fingerprint density at radius 1 is 1.29 bits per heavy atom. The van der Waals surface area contributed by atoms with Crippen LogP contribution in [0, 0.1) is 0 Å². The SMILES string of the molecule is C=C=C(CCCOC(C)/C=C/c1ccccc1)[Si](C)(C)C. The van der Waals surface area contributed by atoms with Gasteiger partial charge in [0.25, 0.3) is 0 Å². The lowest BCUT2D eigenvalue weighted by Crippen LogP contribution is -2.23. The Morgan fingerprint density at radius 2 is 1.95 bits per heavy atom. The Hall–Kier alpha value is -1.34. The van der Waals surface area contributed by atoms with Gasteiger partial charge in [-0.2, -0.15) is 0 Å². The van der Waals surface area contributed by atoms with Gasteiger partial charge in [0, 0.05) is 6.61 Å². The summed E-state index contributed by atoms with van der Waals surface area (Å²) in [6.07, 6.45) is 6.48. The minimum absolute atomic E-state index is 0.147. The number of hydrogen-bond donors (Lipinski definition) is 0. The van der Waals surface area contributed by atoms with Gasteiger partial charge in [0.2, 0.25) is 0 Å². The number of ether oxygens (including phenoxy) is 1. The third kappa shape index (κ3) is 7.28. The van der Waals surface area contributed by atoms with Crippen molar-refractivity contribution >= 4 is 14.1 Å². The normalized spacial score (nSPS) is 13.1. The molecule has 2 heteroatoms. The van der Waals surface area contributed by atoms with Gasteiger partial charge in [-0.25, -0.2) is 0 Å². The molecule has 0 radical (unpaired) electrons. The number of hydrogen-bond acceptors (Lipinski definition) is 1. The maximum Gasteiger partial charge on any atom is 0.0823 e. The molecular weight excluding hydrogens is 272 g/mol. The zero-order valence-electron chi connectivity index (χ0n) is 13.9. The quantitative estimate of drug-likeness (QED) is 0.351. The maximum absolute atomic E-state index is 5.84. The van der Waals surface area contributed by atoms with Crippen molar-refractivity contribution in [3.05, 3.63) is 59.5 Å². The van der Waals surface area contributed by atoms with Crippen LogP contribution < -0.4 is 0 Å². The van der Waals surface area contributed by atoms with Crippen LogP contribution in [-0.4, -0.2) is 20.8 Å². The summed E-state index contributed by atoms with van der Waals surface area (Å²) in [5.74, 6) is 0. The van der Waals surface area contributed by atoms with E-state index in [4.69, 9.17) is 4.74 Å². The second-order valence-corrected chi connectivity index (χ2v) is 11.5. The van der Waals surface area contributed by atoms with Gasteiger partial charge in [0.15, 0.2) is 0 Å². The molecule has 0 saturated heterocycles. The number of allylic oxidation sites excluding steroid dienone is 1. The second-order valence-electron chi connectivity index (χ2n) is 6.35. The molecule has 0 aromatic heterocycles. The van der Waals surface area contributed by atoms with E-state index in [1.54, 1.807) is 0 Å². The highest BCUT2D eigenvalue weighted by atomic mass is 28.3. The first-order valence-electron chi connectivity index (χ1n) is 7.67. The van der Waals surface area contributed by atoms with E-state index in [-0.39, 0.29) is 6.10 Å². The van der Waals surface area contributed by atoms with Crippen LogP contribution in [0.2, 0.25) is 19.6 Å². The summed E-state index contributed by atoms with van der Waals surface area (Å²) >= 11 is 0. The molecule has 0 N–H and O–H groups in total. The fraction of sp³-hybridized carbons (Fsp3) is 0.421. The zero-order chi connectivity index (χ0) is 15.7. The summed E-state index contributed by atoms with van der Waals surface area (Å²) in [6, 6.07) is 10.3. The molecule has 0 heterocycles. The minimum Gasteiger partial charge on any atom is -0.374 e. The monoisotopic (exact) mass is 300 g/mol. The van der Waals surface area contributed by atoms with Crippen molar-refractivity contribution < 1.29 is 4.74 Å². The zero-order valence-corrected chi connectivity index (χ0v) is 14.9. The molecule has 0 aliphatic heterocycles. The van der Waals surface area contributed by atoms with E-state index in [1.165, 1.54) is 10.8 Å². The van der Waals surface area contributed by atoms with Crippen molar-refractivity contribution in [1.29, 1.82) is 0 Å². The summed E-state index contributed by atoms with van der Waals surface area (Å²) in [7, 11) is -1.25. The van der Waals surface area contributed by atoms with Crippen LogP contribution in [0.15, 0.2) is 53.9 Å². The molecule has 0 saturated carbocycles. The van der Waals surface area contributed by atoms with Crippen LogP contribution >= 0.6 is 0 Å². The number of benzene rings is 1. The molecule has 1 rings (SSSR count). The summed E-state index contributed by atoms with van der Waals surface area (Å²) < 4.78 is 5.84. The van der Waals surface area contributed by atoms with Gasteiger partial charge in [0.05, 0.1) is 14.2 Å². The standard InChI is InChI=1S/C19H28OSi/c1-6-19(21(3,4)5)13-10-16-20-17(2)14-15-18-11-8-7-9-12-18/h7-9,11-12,14-15,17H,1,10,13,16H2,2-5H3/b15-14+. The van der Waals surface area contributed by atoms with Gasteiger partial charge >= 0.3 is 0 Å². The molecule has 114 valence electrons. The predicted molar refractivity (Wildman–Crippen MR) is 96.1 cm³/mol. The van der Waals surface area contributed by atoms with Crippen LogP contribution in [0.1, 0.15) is 25.3 Å². The average Bonchev–Trinajstić information content (AvgIpc) is 2.45. The Balaban J connectivity index is 2.30. The van der Waals surface area contributed by atoms with Gasteiger partial charge in [0.1, 0.15) is 0 Å². The molecule has 1 aromatic carbocycles. The first-order valence-corrected chi connectivity index (χ1v) is 11.2. The highest BCUT2D eigenvalue weighted by molar-refractivity contribution is 6.83. The molecule has 1 aromatic rings. The Labute approximate surface area is 131 Å². The molecule has 1 unspecified atom stereocenters. The van der Waals surface area contributed by atoms with Crippen molar-refractivity contribution in [2.45, 2.75) is 45.5 Å². The van der Waals surface area contributed by atoms with Gasteiger partial charge in [-0.1, -0.05) is 68.7 Å². The van der Waals surface area contributed by atoms with Crippen molar-refractivity contribution in [2.75, 3.05) is 6.61 Å². The van der Waals surface area contributed by atoms with Gasteiger partial charge in [-0.05, 0) is 30.5 Å². The first-order chi connectivity index (χ1) is 9.93. The third-order valence-corrected chi connectivity index (χ3v) is 5.67. The van der Waals surface area contributed by atoms with E-state index in [0.717, 1.165) is 19.4 Å². The lowest BCUT2D eigenvalue weighted by Gasteiger charge is -2.19. The van der Waals surface area contributed by atoms with Crippen LogP contribution in [0.4, 0.5) is 0 Å². The topological polar surface area (TPSA) is 9.23 Å². The van der Waals surface area contributed by atoms with Crippen molar-refractivity contribution in [3.63, 3.8) is 0 Å². The van der Waals surface area contributed by atoms with Crippen molar-refractivity contribution in [2.24, 2.45) is 0 Å². The van der Waals surface area contributed by atoms with E-state index in [2.05, 4.69) is 63.2 Å². The fourth-order valence-electron chi connectivity index (χ4n) is 2.11. The molecule has 0 aliphatic carbocycles. The molecule has 0 bridgehead atoms. The molecule has 21 heavy (non-hydrogen) atoms. The van der Waals surface area contributed by atoms with Gasteiger partial charge in [-0.3, -0.25) is 0 Å². The lowest BCUT2D eigenvalue weighted by molar-refractivity contribution is 0.0963. The van der Waals surface area contributed by atoms with Crippen LogP contribution in [-0.2, 0) is 4.74 Å². The number of rotatable bonds is 8. The molecule has 0 aliphatic rings. The third-order valence-electron chi connectivity index (χ3n) is 3.43. The Morgan fingerprint density at radius 3 is 2.52 bits per heavy atom. The molecule has 1 nitrogen and oxygen atoms in total. The van der Waals surface area contributed by atoms with Gasteiger partial charge in [-0.15, -0.1) is 5.73 Å². The fourth-order valence-corrected chi connectivity index (χ4v) is 3.57. The Kier molecular flexibility index (Phi) is 7.45. The largest absolute Gasteiger partial charge is 0.374 e. The molecule has 0 fully saturated rings. The first kappa shape index (κ1) is 17.7. The van der Waals surface area contributed by atoms with E-state index >= 15 is 0 Å². The van der Waals surface area contributed by atoms with E-state index in [1.807, 2.05) is 18.2 Å². The molecular formula is C19H28OSi. The van der Waals surface area contributed by atoms with E-state index < -0.39 is 8.07 Å². The summed E-state index contributed by atoms with van der Waals surface area (Å²) in [6.45, 7) is 13.7. The molecule has 1 atom stereocenters.